The Labute approximate surface area is 178 Å². The van der Waals surface area contributed by atoms with Crippen LogP contribution < -0.4 is 5.30 Å². The molecule has 4 aromatic rings. The lowest BCUT2D eigenvalue weighted by Gasteiger charge is -2.10. The molecule has 0 atom stereocenters. The highest BCUT2D eigenvalue weighted by molar-refractivity contribution is 9.10. The van der Waals surface area contributed by atoms with Gasteiger partial charge in [-0.1, -0.05) is 82.7 Å². The fraction of sp³-hybridized carbons (Fsp3) is 0.0870. The molecule has 0 saturated carbocycles. The quantitative estimate of drug-likeness (QED) is 0.354. The number of nitrogens with zero attached hydrogens (tertiary/aromatic N) is 3. The molecule has 0 aliphatic rings. The highest BCUT2D eigenvalue weighted by Crippen LogP contribution is 2.35. The van der Waals surface area contributed by atoms with Crippen LogP contribution in [-0.4, -0.2) is 28.3 Å². The van der Waals surface area contributed by atoms with E-state index in [-0.39, 0.29) is 0 Å². The first-order chi connectivity index (χ1) is 13.9. The van der Waals surface area contributed by atoms with Gasteiger partial charge in [-0.2, -0.15) is 0 Å². The monoisotopic (exact) mass is 463 g/mol. The van der Waals surface area contributed by atoms with Gasteiger partial charge in [-0.3, -0.25) is 0 Å². The molecule has 4 nitrogen and oxygen atoms in total. The van der Waals surface area contributed by atoms with Gasteiger partial charge in [0.2, 0.25) is 0 Å². The molecule has 0 unspecified atom stereocenters. The van der Waals surface area contributed by atoms with Crippen LogP contribution in [0.4, 0.5) is 0 Å². The Morgan fingerprint density at radius 3 is 1.48 bits per heavy atom. The van der Waals surface area contributed by atoms with Crippen LogP contribution in [0.15, 0.2) is 83.3 Å². The van der Waals surface area contributed by atoms with Crippen LogP contribution in [0.3, 0.4) is 0 Å². The van der Waals surface area contributed by atoms with Gasteiger partial charge in [-0.05, 0) is 25.5 Å². The fourth-order valence-corrected chi connectivity index (χ4v) is 4.05. The van der Waals surface area contributed by atoms with Crippen LogP contribution in [0.1, 0.15) is 0 Å². The minimum Gasteiger partial charge on any atom is -0.319 e. The second-order valence-corrected chi connectivity index (χ2v) is 11.2. The summed E-state index contributed by atoms with van der Waals surface area (Å²) in [4.78, 5) is 14.1. The zero-order valence-electron chi connectivity index (χ0n) is 16.1. The van der Waals surface area contributed by atoms with E-state index in [0.29, 0.717) is 17.5 Å². The molecular formula is C23H19BrN3OP. The van der Waals surface area contributed by atoms with Crippen LogP contribution in [0.25, 0.3) is 34.2 Å². The standard InChI is InChI=1S/C23H19BrN3OP/c1-29(2,28)20-14-10-18(11-15-20)23-26-21(16-6-4-3-5-7-16)25-22(27-23)17-8-12-19(24)13-9-17/h3-15H,1-2H3. The van der Waals surface area contributed by atoms with Gasteiger partial charge in [-0.25, -0.2) is 15.0 Å². The van der Waals surface area contributed by atoms with Gasteiger partial charge >= 0.3 is 0 Å². The molecule has 0 aliphatic carbocycles. The van der Waals surface area contributed by atoms with Crippen molar-refractivity contribution in [1.29, 1.82) is 0 Å². The lowest BCUT2D eigenvalue weighted by atomic mass is 10.1. The topological polar surface area (TPSA) is 55.7 Å². The van der Waals surface area contributed by atoms with E-state index >= 15 is 0 Å². The summed E-state index contributed by atoms with van der Waals surface area (Å²) in [5.41, 5.74) is 2.70. The van der Waals surface area contributed by atoms with Crippen LogP contribution in [0.2, 0.25) is 0 Å². The van der Waals surface area contributed by atoms with E-state index in [9.17, 15) is 4.57 Å². The average molecular weight is 464 g/mol. The number of rotatable bonds is 4. The molecule has 29 heavy (non-hydrogen) atoms. The summed E-state index contributed by atoms with van der Waals surface area (Å²) in [5, 5.41) is 0.840. The number of benzene rings is 3. The first-order valence-electron chi connectivity index (χ1n) is 9.13. The van der Waals surface area contributed by atoms with Crippen molar-refractivity contribution >= 4 is 28.4 Å². The van der Waals surface area contributed by atoms with Crippen LogP contribution in [0, 0.1) is 0 Å². The average Bonchev–Trinajstić information content (AvgIpc) is 2.74. The molecule has 0 N–H and O–H groups in total. The van der Waals surface area contributed by atoms with Gasteiger partial charge in [0.05, 0.1) is 0 Å². The highest BCUT2D eigenvalue weighted by atomic mass is 79.9. The zero-order valence-corrected chi connectivity index (χ0v) is 18.6. The normalized spacial score (nSPS) is 11.4. The summed E-state index contributed by atoms with van der Waals surface area (Å²) >= 11 is 3.47. The summed E-state index contributed by atoms with van der Waals surface area (Å²) in [7, 11) is -2.31. The molecule has 3 aromatic carbocycles. The predicted molar refractivity (Wildman–Crippen MR) is 123 cm³/mol. The Morgan fingerprint density at radius 1 is 0.621 bits per heavy atom. The Kier molecular flexibility index (Phi) is 5.44. The van der Waals surface area contributed by atoms with E-state index in [1.54, 1.807) is 13.3 Å². The molecular weight excluding hydrogens is 445 g/mol. The van der Waals surface area contributed by atoms with Crippen molar-refractivity contribution in [2.24, 2.45) is 0 Å². The summed E-state index contributed by atoms with van der Waals surface area (Å²) < 4.78 is 13.3. The van der Waals surface area contributed by atoms with Crippen LogP contribution >= 0.6 is 23.1 Å². The second kappa shape index (κ2) is 8.02. The van der Waals surface area contributed by atoms with E-state index in [2.05, 4.69) is 15.9 Å². The number of hydrogen-bond acceptors (Lipinski definition) is 4. The maximum absolute atomic E-state index is 12.3. The molecule has 0 spiro atoms. The van der Waals surface area contributed by atoms with Gasteiger partial charge in [0, 0.05) is 26.5 Å². The Balaban J connectivity index is 1.85. The van der Waals surface area contributed by atoms with Gasteiger partial charge in [-0.15, -0.1) is 0 Å². The number of hydrogen-bond donors (Lipinski definition) is 0. The lowest BCUT2D eigenvalue weighted by Crippen LogP contribution is -2.03. The van der Waals surface area contributed by atoms with Gasteiger partial charge in [0.25, 0.3) is 0 Å². The highest BCUT2D eigenvalue weighted by Gasteiger charge is 2.14. The lowest BCUT2D eigenvalue weighted by molar-refractivity contribution is 0.588. The Morgan fingerprint density at radius 2 is 1.03 bits per heavy atom. The molecule has 0 radical (unpaired) electrons. The molecule has 0 fully saturated rings. The van der Waals surface area contributed by atoms with Crippen molar-refractivity contribution in [3.63, 3.8) is 0 Å². The van der Waals surface area contributed by atoms with Crippen molar-refractivity contribution in [2.75, 3.05) is 13.3 Å². The molecule has 0 saturated heterocycles. The Bertz CT molecular complexity index is 1190. The van der Waals surface area contributed by atoms with Crippen molar-refractivity contribution in [1.82, 2.24) is 15.0 Å². The third kappa shape index (κ3) is 4.52. The largest absolute Gasteiger partial charge is 0.319 e. The first kappa shape index (κ1) is 19.7. The maximum Gasteiger partial charge on any atom is 0.164 e. The fourth-order valence-electron chi connectivity index (χ4n) is 2.92. The first-order valence-corrected chi connectivity index (χ1v) is 12.5. The van der Waals surface area contributed by atoms with Gasteiger partial charge in [0.15, 0.2) is 17.5 Å². The molecule has 0 bridgehead atoms. The molecule has 1 aromatic heterocycles. The summed E-state index contributed by atoms with van der Waals surface area (Å²) in [6, 6.07) is 25.4. The third-order valence-corrected chi connectivity index (χ3v) is 6.59. The zero-order chi connectivity index (χ0) is 20.4. The molecule has 0 aliphatic heterocycles. The molecule has 144 valence electrons. The third-order valence-electron chi connectivity index (χ3n) is 4.52. The van der Waals surface area contributed by atoms with Crippen molar-refractivity contribution in [2.45, 2.75) is 0 Å². The minimum absolute atomic E-state index is 0.588. The van der Waals surface area contributed by atoms with Crippen molar-refractivity contribution < 1.29 is 4.57 Å². The predicted octanol–water partition coefficient (Wildman–Crippen LogP) is 5.88. The molecule has 6 heteroatoms. The van der Waals surface area contributed by atoms with Crippen LogP contribution in [-0.2, 0) is 4.57 Å². The van der Waals surface area contributed by atoms with Crippen molar-refractivity contribution in [3.8, 4) is 34.2 Å². The van der Waals surface area contributed by atoms with E-state index in [1.807, 2.05) is 78.9 Å². The summed E-state index contributed by atoms with van der Waals surface area (Å²) in [6.07, 6.45) is 0. The van der Waals surface area contributed by atoms with Crippen molar-refractivity contribution in [3.05, 3.63) is 83.3 Å². The van der Waals surface area contributed by atoms with Crippen LogP contribution in [0.5, 0.6) is 0 Å². The van der Waals surface area contributed by atoms with E-state index in [4.69, 9.17) is 15.0 Å². The number of aromatic nitrogens is 3. The van der Waals surface area contributed by atoms with E-state index < -0.39 is 7.14 Å². The molecule has 4 rings (SSSR count). The smallest absolute Gasteiger partial charge is 0.164 e. The molecule has 1 heterocycles. The van der Waals surface area contributed by atoms with Gasteiger partial charge in [0.1, 0.15) is 7.14 Å². The number of halogens is 1. The second-order valence-electron chi connectivity index (χ2n) is 7.08. The van der Waals surface area contributed by atoms with Gasteiger partial charge < -0.3 is 4.57 Å². The molecule has 0 amide bonds. The summed E-state index contributed by atoms with van der Waals surface area (Å²) in [5.74, 6) is 1.82. The maximum atomic E-state index is 12.3. The van der Waals surface area contributed by atoms with E-state index in [1.165, 1.54) is 0 Å². The Hall–Kier alpha value is -2.62. The van der Waals surface area contributed by atoms with E-state index in [0.717, 1.165) is 26.5 Å². The minimum atomic E-state index is -2.31. The summed E-state index contributed by atoms with van der Waals surface area (Å²) in [6.45, 7) is 3.54. The SMILES string of the molecule is CP(C)(=O)c1ccc(-c2nc(-c3ccccc3)nc(-c3ccc(Br)cc3)n2)cc1.